The summed E-state index contributed by atoms with van der Waals surface area (Å²) in [6.45, 7) is 7.37. The standard InChI is InChI=1S/C13H22N2O/c1-4-8-15-9-7-14-13(15)10-12(16)6-5-11(2)3/h7,9,11H,4-6,8,10H2,1-3H3. The third-order valence-corrected chi connectivity index (χ3v) is 2.62. The van der Waals surface area contributed by atoms with Gasteiger partial charge < -0.3 is 4.57 Å². The lowest BCUT2D eigenvalue weighted by Crippen LogP contribution is -2.10. The van der Waals surface area contributed by atoms with Crippen molar-refractivity contribution < 1.29 is 4.79 Å². The van der Waals surface area contributed by atoms with Gasteiger partial charge in [-0.1, -0.05) is 20.8 Å². The highest BCUT2D eigenvalue weighted by atomic mass is 16.1. The van der Waals surface area contributed by atoms with Crippen LogP contribution in [0.2, 0.25) is 0 Å². The number of aryl methyl sites for hydroxylation is 1. The average molecular weight is 222 g/mol. The molecular weight excluding hydrogens is 200 g/mol. The fourth-order valence-corrected chi connectivity index (χ4v) is 1.67. The SMILES string of the molecule is CCCn1ccnc1CC(=O)CCC(C)C. The van der Waals surface area contributed by atoms with E-state index < -0.39 is 0 Å². The Bertz CT molecular complexity index is 328. The molecule has 1 rings (SSSR count). The molecule has 1 aromatic heterocycles. The summed E-state index contributed by atoms with van der Waals surface area (Å²) in [5, 5.41) is 0. The van der Waals surface area contributed by atoms with Crippen molar-refractivity contribution in [2.24, 2.45) is 5.92 Å². The van der Waals surface area contributed by atoms with E-state index in [0.29, 0.717) is 24.5 Å². The molecular formula is C13H22N2O. The zero-order chi connectivity index (χ0) is 12.0. The number of imidazole rings is 1. The van der Waals surface area contributed by atoms with Crippen molar-refractivity contribution in [1.82, 2.24) is 9.55 Å². The van der Waals surface area contributed by atoms with Crippen LogP contribution in [0, 0.1) is 5.92 Å². The van der Waals surface area contributed by atoms with E-state index in [-0.39, 0.29) is 0 Å². The van der Waals surface area contributed by atoms with E-state index >= 15 is 0 Å². The topological polar surface area (TPSA) is 34.9 Å². The average Bonchev–Trinajstić information content (AvgIpc) is 2.63. The van der Waals surface area contributed by atoms with E-state index in [1.807, 2.05) is 6.20 Å². The minimum atomic E-state index is 0.303. The summed E-state index contributed by atoms with van der Waals surface area (Å²) in [5.74, 6) is 1.81. The normalized spacial score (nSPS) is 11.0. The van der Waals surface area contributed by atoms with Gasteiger partial charge in [0.2, 0.25) is 0 Å². The predicted octanol–water partition coefficient (Wildman–Crippen LogP) is 2.84. The van der Waals surface area contributed by atoms with Crippen LogP contribution < -0.4 is 0 Å². The third kappa shape index (κ3) is 4.17. The molecule has 0 bridgehead atoms. The van der Waals surface area contributed by atoms with Crippen molar-refractivity contribution in [1.29, 1.82) is 0 Å². The van der Waals surface area contributed by atoms with Gasteiger partial charge in [0.15, 0.2) is 0 Å². The van der Waals surface area contributed by atoms with E-state index in [4.69, 9.17) is 0 Å². The van der Waals surface area contributed by atoms with Gasteiger partial charge in [-0.25, -0.2) is 4.98 Å². The Balaban J connectivity index is 2.46. The smallest absolute Gasteiger partial charge is 0.140 e. The molecule has 0 aliphatic carbocycles. The lowest BCUT2D eigenvalue weighted by Gasteiger charge is -2.06. The Morgan fingerprint density at radius 1 is 1.50 bits per heavy atom. The molecule has 0 saturated heterocycles. The summed E-state index contributed by atoms with van der Waals surface area (Å²) in [7, 11) is 0. The Labute approximate surface area is 97.9 Å². The molecule has 1 aromatic rings. The molecule has 3 heteroatoms. The number of hydrogen-bond acceptors (Lipinski definition) is 2. The van der Waals surface area contributed by atoms with Crippen molar-refractivity contribution in [3.63, 3.8) is 0 Å². The number of rotatable bonds is 7. The van der Waals surface area contributed by atoms with Crippen molar-refractivity contribution in [2.45, 2.75) is 53.0 Å². The summed E-state index contributed by atoms with van der Waals surface area (Å²) in [4.78, 5) is 16.0. The molecule has 1 heterocycles. The van der Waals surface area contributed by atoms with Crippen LogP contribution in [0.5, 0.6) is 0 Å². The van der Waals surface area contributed by atoms with E-state index in [0.717, 1.165) is 25.2 Å². The summed E-state index contributed by atoms with van der Waals surface area (Å²) in [5.41, 5.74) is 0. The van der Waals surface area contributed by atoms with Gasteiger partial charge >= 0.3 is 0 Å². The highest BCUT2D eigenvalue weighted by Gasteiger charge is 2.09. The van der Waals surface area contributed by atoms with Crippen LogP contribution in [0.15, 0.2) is 12.4 Å². The molecule has 3 nitrogen and oxygen atoms in total. The molecule has 0 N–H and O–H groups in total. The minimum Gasteiger partial charge on any atom is -0.335 e. The van der Waals surface area contributed by atoms with Gasteiger partial charge in [-0.05, 0) is 18.8 Å². The summed E-state index contributed by atoms with van der Waals surface area (Å²) < 4.78 is 2.08. The molecule has 0 saturated carbocycles. The quantitative estimate of drug-likeness (QED) is 0.711. The zero-order valence-corrected chi connectivity index (χ0v) is 10.6. The second-order valence-corrected chi connectivity index (χ2v) is 4.68. The molecule has 0 fully saturated rings. The molecule has 0 amide bonds. The Hall–Kier alpha value is -1.12. The van der Waals surface area contributed by atoms with Crippen molar-refractivity contribution in [2.75, 3.05) is 0 Å². The summed E-state index contributed by atoms with van der Waals surface area (Å²) in [6, 6.07) is 0. The molecule has 0 aromatic carbocycles. The number of ketones is 1. The second kappa shape index (κ2) is 6.46. The van der Waals surface area contributed by atoms with Gasteiger partial charge in [0.05, 0.1) is 6.42 Å². The number of carbonyl (C=O) groups is 1. The molecule has 16 heavy (non-hydrogen) atoms. The lowest BCUT2D eigenvalue weighted by atomic mass is 10.0. The highest BCUT2D eigenvalue weighted by molar-refractivity contribution is 5.80. The monoisotopic (exact) mass is 222 g/mol. The van der Waals surface area contributed by atoms with Gasteiger partial charge in [0, 0.05) is 25.4 Å². The van der Waals surface area contributed by atoms with E-state index in [2.05, 4.69) is 30.3 Å². The van der Waals surface area contributed by atoms with E-state index in [9.17, 15) is 4.79 Å². The van der Waals surface area contributed by atoms with Crippen molar-refractivity contribution >= 4 is 5.78 Å². The van der Waals surface area contributed by atoms with E-state index in [1.165, 1.54) is 0 Å². The summed E-state index contributed by atoms with van der Waals surface area (Å²) in [6.07, 6.45) is 6.95. The van der Waals surface area contributed by atoms with Crippen LogP contribution in [0.25, 0.3) is 0 Å². The molecule has 0 unspecified atom stereocenters. The maximum atomic E-state index is 11.7. The van der Waals surface area contributed by atoms with E-state index in [1.54, 1.807) is 6.20 Å². The molecule has 90 valence electrons. The second-order valence-electron chi connectivity index (χ2n) is 4.68. The maximum absolute atomic E-state index is 11.7. The molecule has 0 atom stereocenters. The van der Waals surface area contributed by atoms with Gasteiger partial charge in [-0.2, -0.15) is 0 Å². The Morgan fingerprint density at radius 2 is 2.25 bits per heavy atom. The number of nitrogens with zero attached hydrogens (tertiary/aromatic N) is 2. The van der Waals surface area contributed by atoms with Gasteiger partial charge in [0.1, 0.15) is 11.6 Å². The van der Waals surface area contributed by atoms with Gasteiger partial charge in [-0.3, -0.25) is 4.79 Å². The van der Waals surface area contributed by atoms with Crippen LogP contribution in [0.4, 0.5) is 0 Å². The largest absolute Gasteiger partial charge is 0.335 e. The first-order valence-corrected chi connectivity index (χ1v) is 6.15. The zero-order valence-electron chi connectivity index (χ0n) is 10.6. The third-order valence-electron chi connectivity index (χ3n) is 2.62. The van der Waals surface area contributed by atoms with Crippen LogP contribution in [-0.4, -0.2) is 15.3 Å². The number of Topliss-reactive ketones (excluding diaryl/α,β-unsaturated/α-hetero) is 1. The fourth-order valence-electron chi connectivity index (χ4n) is 1.67. The van der Waals surface area contributed by atoms with Gasteiger partial charge in [0.25, 0.3) is 0 Å². The molecule has 0 spiro atoms. The molecule has 0 aliphatic heterocycles. The number of aromatic nitrogens is 2. The van der Waals surface area contributed by atoms with Crippen molar-refractivity contribution in [3.8, 4) is 0 Å². The van der Waals surface area contributed by atoms with Crippen LogP contribution in [0.3, 0.4) is 0 Å². The maximum Gasteiger partial charge on any atom is 0.140 e. The fraction of sp³-hybridized carbons (Fsp3) is 0.692. The first kappa shape index (κ1) is 12.9. The highest BCUT2D eigenvalue weighted by Crippen LogP contribution is 2.07. The summed E-state index contributed by atoms with van der Waals surface area (Å²) >= 11 is 0. The molecule has 0 aliphatic rings. The van der Waals surface area contributed by atoms with Crippen molar-refractivity contribution in [3.05, 3.63) is 18.2 Å². The van der Waals surface area contributed by atoms with Crippen LogP contribution >= 0.6 is 0 Å². The lowest BCUT2D eigenvalue weighted by molar-refractivity contribution is -0.118. The first-order valence-electron chi connectivity index (χ1n) is 6.15. The number of carbonyl (C=O) groups excluding carboxylic acids is 1. The predicted molar refractivity (Wildman–Crippen MR) is 65.3 cm³/mol. The van der Waals surface area contributed by atoms with Crippen LogP contribution in [0.1, 0.15) is 45.9 Å². The molecule has 0 radical (unpaired) electrons. The number of hydrogen-bond donors (Lipinski definition) is 0. The Kier molecular flexibility index (Phi) is 5.23. The first-order chi connectivity index (χ1) is 7.63. The van der Waals surface area contributed by atoms with Crippen LogP contribution in [-0.2, 0) is 17.8 Å². The Morgan fingerprint density at radius 3 is 2.88 bits per heavy atom. The minimum absolute atomic E-state index is 0.303. The van der Waals surface area contributed by atoms with Gasteiger partial charge in [-0.15, -0.1) is 0 Å².